The molecule has 8 heteroatoms. The van der Waals surface area contributed by atoms with E-state index in [-0.39, 0.29) is 6.03 Å². The smallest absolute Gasteiger partial charge is 0.410 e. The van der Waals surface area contributed by atoms with Gasteiger partial charge in [-0.2, -0.15) is 0 Å². The van der Waals surface area contributed by atoms with Crippen molar-refractivity contribution in [3.63, 3.8) is 0 Å². The minimum Gasteiger partial charge on any atom is -0.410 e. The summed E-state index contributed by atoms with van der Waals surface area (Å²) in [4.78, 5) is 26.9. The molecule has 5 rings (SSSR count). The summed E-state index contributed by atoms with van der Waals surface area (Å²) in [5.41, 5.74) is 19.4. The summed E-state index contributed by atoms with van der Waals surface area (Å²) in [6.45, 7) is 0. The highest BCUT2D eigenvalue weighted by atomic mass is 16.6. The lowest BCUT2D eigenvalue weighted by atomic mass is 10.0. The van der Waals surface area contributed by atoms with E-state index in [1.165, 1.54) is 4.90 Å². The fourth-order valence-electron chi connectivity index (χ4n) is 4.48. The first-order valence-electron chi connectivity index (χ1n) is 13.8. The monoisotopic (exact) mass is 571 g/mol. The number of nitrogens with one attached hydrogen (secondary N) is 2. The molecular weight excluding hydrogens is 538 g/mol. The standard InChI is InChI=1S/C35H33N5O3/c1-40(34(41)38-30-17-9-26(10-18-30)21-24-5-13-28(36)14-6-24)32-3-2-4-33(23-32)43-35(42)39-31-19-11-27(12-20-31)22-25-7-15-29(37)16-8-25/h2-20,23H,21-22,36-37H2,1H3,(H,38,41)(H,39,42). The highest BCUT2D eigenvalue weighted by Gasteiger charge is 2.13. The number of nitrogen functional groups attached to an aromatic ring is 2. The number of rotatable bonds is 8. The molecule has 6 N–H and O–H groups in total. The summed E-state index contributed by atoms with van der Waals surface area (Å²) in [5, 5.41) is 5.64. The van der Waals surface area contributed by atoms with E-state index in [1.54, 1.807) is 31.3 Å². The van der Waals surface area contributed by atoms with E-state index >= 15 is 0 Å². The number of nitrogens with zero attached hydrogens (tertiary/aromatic N) is 1. The Morgan fingerprint density at radius 2 is 1.07 bits per heavy atom. The van der Waals surface area contributed by atoms with Gasteiger partial charge in [-0.3, -0.25) is 10.2 Å². The predicted octanol–water partition coefficient (Wildman–Crippen LogP) is 7.31. The molecule has 0 unspecified atom stereocenters. The average molecular weight is 572 g/mol. The third kappa shape index (κ3) is 8.14. The fraction of sp³-hybridized carbons (Fsp3) is 0.0857. The number of anilines is 5. The molecule has 0 fully saturated rings. The molecule has 0 saturated heterocycles. The maximum Gasteiger partial charge on any atom is 0.417 e. The lowest BCUT2D eigenvalue weighted by Crippen LogP contribution is -2.31. The van der Waals surface area contributed by atoms with Gasteiger partial charge in [0.25, 0.3) is 0 Å². The van der Waals surface area contributed by atoms with Gasteiger partial charge in [0, 0.05) is 41.6 Å². The van der Waals surface area contributed by atoms with Crippen molar-refractivity contribution < 1.29 is 14.3 Å². The Morgan fingerprint density at radius 3 is 1.56 bits per heavy atom. The first-order valence-corrected chi connectivity index (χ1v) is 13.8. The lowest BCUT2D eigenvalue weighted by Gasteiger charge is -2.19. The molecule has 0 aliphatic heterocycles. The first-order chi connectivity index (χ1) is 20.8. The molecule has 216 valence electrons. The van der Waals surface area contributed by atoms with E-state index in [4.69, 9.17) is 16.2 Å². The number of hydrogen-bond acceptors (Lipinski definition) is 5. The molecule has 0 aromatic heterocycles. The summed E-state index contributed by atoms with van der Waals surface area (Å²) in [6, 6.07) is 37.2. The molecule has 5 aromatic rings. The van der Waals surface area contributed by atoms with Gasteiger partial charge in [0.1, 0.15) is 5.75 Å². The van der Waals surface area contributed by atoms with E-state index in [0.717, 1.165) is 46.5 Å². The van der Waals surface area contributed by atoms with Crippen molar-refractivity contribution in [1.82, 2.24) is 0 Å². The Morgan fingerprint density at radius 1 is 0.628 bits per heavy atom. The van der Waals surface area contributed by atoms with Gasteiger partial charge in [-0.05, 0) is 95.8 Å². The van der Waals surface area contributed by atoms with Gasteiger partial charge < -0.3 is 21.5 Å². The number of nitrogens with two attached hydrogens (primary N) is 2. The van der Waals surface area contributed by atoms with Crippen molar-refractivity contribution in [3.8, 4) is 5.75 Å². The van der Waals surface area contributed by atoms with E-state index in [0.29, 0.717) is 22.8 Å². The molecule has 0 bridgehead atoms. The van der Waals surface area contributed by atoms with Crippen LogP contribution in [0.1, 0.15) is 22.3 Å². The molecular formula is C35H33N5O3. The Balaban J connectivity index is 1.13. The van der Waals surface area contributed by atoms with E-state index in [2.05, 4.69) is 10.6 Å². The van der Waals surface area contributed by atoms with Crippen LogP contribution >= 0.6 is 0 Å². The van der Waals surface area contributed by atoms with Crippen LogP contribution in [0.25, 0.3) is 0 Å². The number of amides is 3. The molecule has 3 amide bonds. The second-order valence-corrected chi connectivity index (χ2v) is 10.2. The molecule has 0 heterocycles. The van der Waals surface area contributed by atoms with Gasteiger partial charge in [0.05, 0.1) is 0 Å². The molecule has 0 spiro atoms. The fourth-order valence-corrected chi connectivity index (χ4v) is 4.48. The number of carbonyl (C=O) groups excluding carboxylic acids is 2. The number of benzene rings is 5. The average Bonchev–Trinajstić information content (AvgIpc) is 3.01. The van der Waals surface area contributed by atoms with Gasteiger partial charge in [-0.25, -0.2) is 9.59 Å². The SMILES string of the molecule is CN(C(=O)Nc1ccc(Cc2ccc(N)cc2)cc1)c1cccc(OC(=O)Nc2ccc(Cc3ccc(N)cc3)cc2)c1. The van der Waals surface area contributed by atoms with Crippen LogP contribution < -0.4 is 31.7 Å². The summed E-state index contributed by atoms with van der Waals surface area (Å²) < 4.78 is 5.49. The number of ether oxygens (including phenoxy) is 1. The van der Waals surface area contributed by atoms with Gasteiger partial charge in [-0.15, -0.1) is 0 Å². The van der Waals surface area contributed by atoms with Gasteiger partial charge in [-0.1, -0.05) is 54.6 Å². The first kappa shape index (κ1) is 28.8. The third-order valence-electron chi connectivity index (χ3n) is 6.90. The van der Waals surface area contributed by atoms with E-state index in [9.17, 15) is 9.59 Å². The molecule has 43 heavy (non-hydrogen) atoms. The Hall–Kier alpha value is -5.76. The maximum atomic E-state index is 12.9. The highest BCUT2D eigenvalue weighted by Crippen LogP contribution is 2.23. The minimum atomic E-state index is -0.630. The predicted molar refractivity (Wildman–Crippen MR) is 174 cm³/mol. The van der Waals surface area contributed by atoms with Crippen molar-refractivity contribution in [2.75, 3.05) is 34.0 Å². The molecule has 0 aliphatic carbocycles. The normalized spacial score (nSPS) is 10.5. The summed E-state index contributed by atoms with van der Waals surface area (Å²) >= 11 is 0. The molecule has 0 radical (unpaired) electrons. The van der Waals surface area contributed by atoms with Crippen LogP contribution in [0.2, 0.25) is 0 Å². The van der Waals surface area contributed by atoms with Gasteiger partial charge in [0.15, 0.2) is 0 Å². The summed E-state index contributed by atoms with van der Waals surface area (Å²) in [5.74, 6) is 0.307. The zero-order valence-corrected chi connectivity index (χ0v) is 23.8. The summed E-state index contributed by atoms with van der Waals surface area (Å²) in [7, 11) is 1.65. The molecule has 0 atom stereocenters. The highest BCUT2D eigenvalue weighted by molar-refractivity contribution is 6.01. The van der Waals surface area contributed by atoms with Gasteiger partial charge in [0.2, 0.25) is 0 Å². The Bertz CT molecular complexity index is 1680. The third-order valence-corrected chi connectivity index (χ3v) is 6.90. The van der Waals surface area contributed by atoms with Crippen molar-refractivity contribution >= 4 is 40.6 Å². The van der Waals surface area contributed by atoms with Crippen LogP contribution in [0.5, 0.6) is 5.75 Å². The number of urea groups is 1. The topological polar surface area (TPSA) is 123 Å². The molecule has 0 aliphatic rings. The number of hydrogen-bond donors (Lipinski definition) is 4. The van der Waals surface area contributed by atoms with Crippen molar-refractivity contribution in [2.45, 2.75) is 12.8 Å². The second-order valence-electron chi connectivity index (χ2n) is 10.2. The minimum absolute atomic E-state index is 0.307. The van der Waals surface area contributed by atoms with Crippen molar-refractivity contribution in [3.05, 3.63) is 144 Å². The number of carbonyl (C=O) groups is 2. The zero-order valence-electron chi connectivity index (χ0n) is 23.8. The van der Waals surface area contributed by atoms with Crippen LogP contribution in [0.15, 0.2) is 121 Å². The maximum absolute atomic E-state index is 12.9. The van der Waals surface area contributed by atoms with Crippen LogP contribution in [-0.2, 0) is 12.8 Å². The van der Waals surface area contributed by atoms with Crippen LogP contribution in [0, 0.1) is 0 Å². The second kappa shape index (κ2) is 13.3. The molecule has 0 saturated carbocycles. The Kier molecular flexibility index (Phi) is 8.87. The quantitative estimate of drug-likeness (QED) is 0.145. The van der Waals surface area contributed by atoms with E-state index in [1.807, 2.05) is 97.1 Å². The lowest BCUT2D eigenvalue weighted by molar-refractivity contribution is 0.215. The van der Waals surface area contributed by atoms with Crippen molar-refractivity contribution in [2.24, 2.45) is 0 Å². The zero-order chi connectivity index (χ0) is 30.2. The molecule has 5 aromatic carbocycles. The van der Waals surface area contributed by atoms with Crippen LogP contribution in [0.4, 0.5) is 38.0 Å². The molecule has 8 nitrogen and oxygen atoms in total. The summed E-state index contributed by atoms with van der Waals surface area (Å²) in [6.07, 6.45) is 0.897. The Labute approximate surface area is 250 Å². The van der Waals surface area contributed by atoms with Crippen molar-refractivity contribution in [1.29, 1.82) is 0 Å². The largest absolute Gasteiger partial charge is 0.417 e. The van der Waals surface area contributed by atoms with Crippen LogP contribution in [0.3, 0.4) is 0 Å². The van der Waals surface area contributed by atoms with Crippen LogP contribution in [-0.4, -0.2) is 19.2 Å². The van der Waals surface area contributed by atoms with E-state index < -0.39 is 6.09 Å². The van der Waals surface area contributed by atoms with Gasteiger partial charge >= 0.3 is 12.1 Å².